The lowest BCUT2D eigenvalue weighted by molar-refractivity contribution is 0.197. The Morgan fingerprint density at radius 1 is 1.28 bits per heavy atom. The SMILES string of the molecule is COCCNCCN(C)Cc1cccc(Cl)c1Cl. The van der Waals surface area contributed by atoms with Gasteiger partial charge < -0.3 is 15.0 Å². The summed E-state index contributed by atoms with van der Waals surface area (Å²) in [4.78, 5) is 2.21. The first kappa shape index (κ1) is 15.7. The summed E-state index contributed by atoms with van der Waals surface area (Å²) in [6.45, 7) is 4.29. The maximum atomic E-state index is 6.15. The molecule has 0 saturated heterocycles. The number of hydrogen-bond acceptors (Lipinski definition) is 3. The van der Waals surface area contributed by atoms with Gasteiger partial charge in [-0.1, -0.05) is 35.3 Å². The third kappa shape index (κ3) is 5.55. The summed E-state index contributed by atoms with van der Waals surface area (Å²) in [6, 6.07) is 5.73. The molecule has 0 aliphatic carbocycles. The van der Waals surface area contributed by atoms with E-state index in [0.717, 1.165) is 38.3 Å². The lowest BCUT2D eigenvalue weighted by Crippen LogP contribution is -2.30. The largest absolute Gasteiger partial charge is 0.383 e. The van der Waals surface area contributed by atoms with Crippen LogP contribution in [-0.4, -0.2) is 45.3 Å². The number of methoxy groups -OCH3 is 1. The molecule has 0 atom stereocenters. The van der Waals surface area contributed by atoms with Crippen LogP contribution in [0.5, 0.6) is 0 Å². The first-order chi connectivity index (χ1) is 8.65. The number of halogens is 2. The molecule has 3 nitrogen and oxygen atoms in total. The van der Waals surface area contributed by atoms with Crippen molar-refractivity contribution in [3.8, 4) is 0 Å². The zero-order chi connectivity index (χ0) is 13.4. The summed E-state index contributed by atoms with van der Waals surface area (Å²) in [5, 5.41) is 4.57. The van der Waals surface area contributed by atoms with Gasteiger partial charge in [-0.25, -0.2) is 0 Å². The second kappa shape index (κ2) is 8.73. The molecule has 0 spiro atoms. The number of rotatable bonds is 8. The number of hydrogen-bond donors (Lipinski definition) is 1. The molecule has 0 aliphatic rings. The number of ether oxygens (including phenoxy) is 1. The Balaban J connectivity index is 2.31. The molecule has 18 heavy (non-hydrogen) atoms. The second-order valence-electron chi connectivity index (χ2n) is 4.19. The molecule has 0 aromatic heterocycles. The fraction of sp³-hybridized carbons (Fsp3) is 0.538. The minimum atomic E-state index is 0.612. The highest BCUT2D eigenvalue weighted by Gasteiger charge is 2.06. The smallest absolute Gasteiger partial charge is 0.0637 e. The van der Waals surface area contributed by atoms with Crippen LogP contribution in [0, 0.1) is 0 Å². The third-order valence-corrected chi connectivity index (χ3v) is 3.48. The fourth-order valence-electron chi connectivity index (χ4n) is 1.61. The first-order valence-electron chi connectivity index (χ1n) is 5.96. The summed E-state index contributed by atoms with van der Waals surface area (Å²) in [6.07, 6.45) is 0. The van der Waals surface area contributed by atoms with Crippen LogP contribution in [0.2, 0.25) is 10.0 Å². The topological polar surface area (TPSA) is 24.5 Å². The van der Waals surface area contributed by atoms with E-state index in [9.17, 15) is 0 Å². The predicted molar refractivity (Wildman–Crippen MR) is 77.5 cm³/mol. The van der Waals surface area contributed by atoms with Crippen molar-refractivity contribution in [2.24, 2.45) is 0 Å². The molecular weight excluding hydrogens is 271 g/mol. The quantitative estimate of drug-likeness (QED) is 0.745. The second-order valence-corrected chi connectivity index (χ2v) is 4.98. The molecular formula is C13H20Cl2N2O. The first-order valence-corrected chi connectivity index (χ1v) is 6.72. The predicted octanol–water partition coefficient (Wildman–Crippen LogP) is 2.66. The van der Waals surface area contributed by atoms with Gasteiger partial charge >= 0.3 is 0 Å². The molecule has 0 heterocycles. The maximum Gasteiger partial charge on any atom is 0.0637 e. The van der Waals surface area contributed by atoms with Gasteiger partial charge in [-0.15, -0.1) is 0 Å². The van der Waals surface area contributed by atoms with Crippen molar-refractivity contribution >= 4 is 23.2 Å². The summed E-state index contributed by atoms with van der Waals surface area (Å²) in [7, 11) is 3.77. The molecule has 0 saturated carbocycles. The molecule has 102 valence electrons. The fourth-order valence-corrected chi connectivity index (χ4v) is 1.99. The van der Waals surface area contributed by atoms with Gasteiger partial charge in [0.15, 0.2) is 0 Å². The van der Waals surface area contributed by atoms with E-state index in [1.54, 1.807) is 13.2 Å². The van der Waals surface area contributed by atoms with E-state index in [1.165, 1.54) is 0 Å². The minimum absolute atomic E-state index is 0.612. The van der Waals surface area contributed by atoms with Gasteiger partial charge in [-0.2, -0.15) is 0 Å². The van der Waals surface area contributed by atoms with Crippen LogP contribution in [-0.2, 0) is 11.3 Å². The number of nitrogens with zero attached hydrogens (tertiary/aromatic N) is 1. The molecule has 1 aromatic carbocycles. The zero-order valence-corrected chi connectivity index (χ0v) is 12.4. The number of likely N-dealkylation sites (N-methyl/N-ethyl adjacent to an activating group) is 1. The van der Waals surface area contributed by atoms with Crippen molar-refractivity contribution in [3.05, 3.63) is 33.8 Å². The van der Waals surface area contributed by atoms with Gasteiger partial charge in [0.25, 0.3) is 0 Å². The number of benzene rings is 1. The van der Waals surface area contributed by atoms with Gasteiger partial charge in [0, 0.05) is 33.3 Å². The number of nitrogens with one attached hydrogen (secondary N) is 1. The van der Waals surface area contributed by atoms with E-state index in [0.29, 0.717) is 10.0 Å². The van der Waals surface area contributed by atoms with Crippen molar-refractivity contribution in [1.29, 1.82) is 0 Å². The highest BCUT2D eigenvalue weighted by Crippen LogP contribution is 2.26. The van der Waals surface area contributed by atoms with Crippen LogP contribution < -0.4 is 5.32 Å². The van der Waals surface area contributed by atoms with Crippen LogP contribution in [0.4, 0.5) is 0 Å². The molecule has 0 fully saturated rings. The molecule has 1 N–H and O–H groups in total. The Bertz CT molecular complexity index is 361. The van der Waals surface area contributed by atoms with Crippen LogP contribution in [0.15, 0.2) is 18.2 Å². The summed E-state index contributed by atoms with van der Waals surface area (Å²) < 4.78 is 4.97. The van der Waals surface area contributed by atoms with Gasteiger partial charge in [0.05, 0.1) is 16.7 Å². The normalized spacial score (nSPS) is 11.2. The van der Waals surface area contributed by atoms with E-state index in [4.69, 9.17) is 27.9 Å². The lowest BCUT2D eigenvalue weighted by Gasteiger charge is -2.18. The molecule has 0 aliphatic heterocycles. The highest BCUT2D eigenvalue weighted by molar-refractivity contribution is 6.42. The Labute approximate surface area is 119 Å². The van der Waals surface area contributed by atoms with E-state index in [1.807, 2.05) is 12.1 Å². The van der Waals surface area contributed by atoms with Crippen molar-refractivity contribution < 1.29 is 4.74 Å². The average molecular weight is 291 g/mol. The monoisotopic (exact) mass is 290 g/mol. The summed E-state index contributed by atoms with van der Waals surface area (Å²) in [5.74, 6) is 0. The standard InChI is InChI=1S/C13H20Cl2N2O/c1-17(8-6-16-7-9-18-2)10-11-4-3-5-12(14)13(11)15/h3-5,16H,6-10H2,1-2H3. The van der Waals surface area contributed by atoms with Crippen molar-refractivity contribution in [2.45, 2.75) is 6.54 Å². The third-order valence-electron chi connectivity index (χ3n) is 2.63. The van der Waals surface area contributed by atoms with Crippen LogP contribution in [0.1, 0.15) is 5.56 Å². The van der Waals surface area contributed by atoms with E-state index < -0.39 is 0 Å². The lowest BCUT2D eigenvalue weighted by atomic mass is 10.2. The van der Waals surface area contributed by atoms with Gasteiger partial charge in [-0.05, 0) is 18.7 Å². The van der Waals surface area contributed by atoms with E-state index in [-0.39, 0.29) is 0 Å². The van der Waals surface area contributed by atoms with E-state index >= 15 is 0 Å². The van der Waals surface area contributed by atoms with Crippen LogP contribution in [0.3, 0.4) is 0 Å². The van der Waals surface area contributed by atoms with Gasteiger partial charge in [0.2, 0.25) is 0 Å². The molecule has 1 rings (SSSR count). The maximum absolute atomic E-state index is 6.15. The molecule has 0 radical (unpaired) electrons. The van der Waals surface area contributed by atoms with Crippen molar-refractivity contribution in [1.82, 2.24) is 10.2 Å². The van der Waals surface area contributed by atoms with E-state index in [2.05, 4.69) is 17.3 Å². The Morgan fingerprint density at radius 2 is 2.06 bits per heavy atom. The average Bonchev–Trinajstić information content (AvgIpc) is 2.35. The minimum Gasteiger partial charge on any atom is -0.383 e. The molecule has 0 unspecified atom stereocenters. The Hall–Kier alpha value is -0.320. The highest BCUT2D eigenvalue weighted by atomic mass is 35.5. The Morgan fingerprint density at radius 3 is 2.78 bits per heavy atom. The molecule has 5 heteroatoms. The molecule has 0 bridgehead atoms. The van der Waals surface area contributed by atoms with Crippen molar-refractivity contribution in [2.75, 3.05) is 40.4 Å². The van der Waals surface area contributed by atoms with Gasteiger partial charge in [-0.3, -0.25) is 0 Å². The zero-order valence-electron chi connectivity index (χ0n) is 10.9. The van der Waals surface area contributed by atoms with Gasteiger partial charge in [0.1, 0.15) is 0 Å². The van der Waals surface area contributed by atoms with Crippen LogP contribution >= 0.6 is 23.2 Å². The van der Waals surface area contributed by atoms with Crippen LogP contribution in [0.25, 0.3) is 0 Å². The Kier molecular flexibility index (Phi) is 7.63. The molecule has 0 amide bonds. The summed E-state index contributed by atoms with van der Waals surface area (Å²) >= 11 is 12.1. The molecule has 1 aromatic rings. The summed E-state index contributed by atoms with van der Waals surface area (Å²) in [5.41, 5.74) is 1.06. The van der Waals surface area contributed by atoms with Crippen molar-refractivity contribution in [3.63, 3.8) is 0 Å².